The van der Waals surface area contributed by atoms with Crippen molar-refractivity contribution in [2.45, 2.75) is 44.2 Å². The van der Waals surface area contributed by atoms with Gasteiger partial charge in [0.05, 0.1) is 17.7 Å². The lowest BCUT2D eigenvalue weighted by Crippen LogP contribution is -2.52. The van der Waals surface area contributed by atoms with Gasteiger partial charge in [0.15, 0.2) is 0 Å². The summed E-state index contributed by atoms with van der Waals surface area (Å²) in [4.78, 5) is 28.5. The van der Waals surface area contributed by atoms with E-state index in [2.05, 4.69) is 5.32 Å². The van der Waals surface area contributed by atoms with Crippen LogP contribution >= 0.6 is 34.8 Å². The Morgan fingerprint density at radius 2 is 1.59 bits per heavy atom. The van der Waals surface area contributed by atoms with Crippen LogP contribution in [0.2, 0.25) is 15.1 Å². The summed E-state index contributed by atoms with van der Waals surface area (Å²) in [5, 5.41) is 3.75. The van der Waals surface area contributed by atoms with Crippen molar-refractivity contribution in [2.75, 3.05) is 24.5 Å². The van der Waals surface area contributed by atoms with Gasteiger partial charge in [-0.25, -0.2) is 8.42 Å². The fraction of sp³-hybridized carbons (Fsp3) is 0.310. The number of amides is 2. The van der Waals surface area contributed by atoms with Crippen molar-refractivity contribution in [3.63, 3.8) is 0 Å². The summed E-state index contributed by atoms with van der Waals surface area (Å²) in [6.07, 6.45) is 0.973. The second-order valence-electron chi connectivity index (χ2n) is 9.10. The molecule has 0 unspecified atom stereocenters. The van der Waals surface area contributed by atoms with E-state index >= 15 is 0 Å². The highest BCUT2D eigenvalue weighted by atomic mass is 35.5. The third kappa shape index (κ3) is 8.07. The Kier molecular flexibility index (Phi) is 11.7. The zero-order chi connectivity index (χ0) is 30.2. The Morgan fingerprint density at radius 1 is 0.951 bits per heavy atom. The van der Waals surface area contributed by atoms with Crippen LogP contribution < -0.4 is 14.4 Å². The van der Waals surface area contributed by atoms with Gasteiger partial charge in [-0.1, -0.05) is 60.8 Å². The lowest BCUT2D eigenvalue weighted by Gasteiger charge is -2.33. The smallest absolute Gasteiger partial charge is 0.264 e. The van der Waals surface area contributed by atoms with E-state index in [1.165, 1.54) is 42.3 Å². The average Bonchev–Trinajstić information content (AvgIpc) is 2.95. The van der Waals surface area contributed by atoms with Gasteiger partial charge in [-0.05, 0) is 67.4 Å². The number of methoxy groups -OCH3 is 1. The predicted octanol–water partition coefficient (Wildman–Crippen LogP) is 6.18. The number of benzene rings is 3. The van der Waals surface area contributed by atoms with Gasteiger partial charge in [-0.3, -0.25) is 13.9 Å². The van der Waals surface area contributed by atoms with Crippen LogP contribution in [-0.2, 0) is 26.2 Å². The molecule has 3 rings (SSSR count). The summed E-state index contributed by atoms with van der Waals surface area (Å²) in [7, 11) is -2.79. The number of hydrogen-bond acceptors (Lipinski definition) is 5. The first-order chi connectivity index (χ1) is 19.5. The van der Waals surface area contributed by atoms with Crippen LogP contribution in [0.25, 0.3) is 0 Å². The number of anilines is 1. The van der Waals surface area contributed by atoms with Gasteiger partial charge in [0.2, 0.25) is 11.8 Å². The Labute approximate surface area is 256 Å². The molecule has 0 radical (unpaired) electrons. The summed E-state index contributed by atoms with van der Waals surface area (Å²) >= 11 is 19.1. The largest absolute Gasteiger partial charge is 0.497 e. The number of carbonyl (C=O) groups excluding carboxylic acids is 2. The molecule has 12 heteroatoms. The van der Waals surface area contributed by atoms with Gasteiger partial charge >= 0.3 is 0 Å². The predicted molar refractivity (Wildman–Crippen MR) is 163 cm³/mol. The zero-order valence-corrected chi connectivity index (χ0v) is 26.0. The molecule has 220 valence electrons. The minimum Gasteiger partial charge on any atom is -0.497 e. The molecule has 0 saturated heterocycles. The molecule has 0 aliphatic carbocycles. The molecule has 1 N–H and O–H groups in total. The number of halogens is 3. The van der Waals surface area contributed by atoms with E-state index in [1.807, 2.05) is 6.92 Å². The first-order valence-electron chi connectivity index (χ1n) is 13.0. The molecule has 0 spiro atoms. The molecular weight excluding hydrogens is 609 g/mol. The molecule has 3 aromatic carbocycles. The Hall–Kier alpha value is -2.98. The number of nitrogens with one attached hydrogen (secondary N) is 1. The van der Waals surface area contributed by atoms with Gasteiger partial charge in [0, 0.05) is 33.7 Å². The number of ether oxygens (including phenoxy) is 1. The number of sulfonamides is 1. The molecule has 0 aliphatic rings. The average molecular weight is 641 g/mol. The molecule has 8 nitrogen and oxygen atoms in total. The van der Waals surface area contributed by atoms with E-state index in [4.69, 9.17) is 39.5 Å². The second kappa shape index (κ2) is 14.8. The fourth-order valence-corrected chi connectivity index (χ4v) is 6.28. The van der Waals surface area contributed by atoms with Gasteiger partial charge in [-0.15, -0.1) is 0 Å². The zero-order valence-electron chi connectivity index (χ0n) is 22.9. The molecule has 3 aromatic rings. The van der Waals surface area contributed by atoms with Crippen LogP contribution in [0.4, 0.5) is 5.69 Å². The van der Waals surface area contributed by atoms with E-state index in [0.29, 0.717) is 34.3 Å². The van der Waals surface area contributed by atoms with Crippen molar-refractivity contribution in [1.29, 1.82) is 0 Å². The first kappa shape index (κ1) is 32.5. The van der Waals surface area contributed by atoms with E-state index in [1.54, 1.807) is 43.3 Å². The van der Waals surface area contributed by atoms with Crippen molar-refractivity contribution in [2.24, 2.45) is 0 Å². The second-order valence-corrected chi connectivity index (χ2v) is 12.2. The third-order valence-corrected chi connectivity index (χ3v) is 9.08. The number of hydrogen-bond donors (Lipinski definition) is 1. The molecule has 1 atom stereocenters. The standard InChI is InChI=1S/C29H32Cl3N3O5S/c1-4-16-33-29(37)27(5-2)34(18-24-25(31)10-7-11-26(24)32)28(36)19-35(21-9-6-8-20(30)17-21)41(38,39)23-14-12-22(40-3)13-15-23/h6-15,17,27H,4-5,16,18-19H2,1-3H3,(H,33,37)/t27-/m0/s1. The van der Waals surface area contributed by atoms with Gasteiger partial charge < -0.3 is 15.0 Å². The minimum atomic E-state index is -4.26. The SMILES string of the molecule is CCCNC(=O)[C@H](CC)N(Cc1c(Cl)cccc1Cl)C(=O)CN(c1cccc(Cl)c1)S(=O)(=O)c1ccc(OC)cc1. The molecule has 0 aliphatic heterocycles. The summed E-state index contributed by atoms with van der Waals surface area (Å²) in [6.45, 7) is 3.38. The van der Waals surface area contributed by atoms with Gasteiger partial charge in [-0.2, -0.15) is 0 Å². The minimum absolute atomic E-state index is 0.0560. The summed E-state index contributed by atoms with van der Waals surface area (Å²) in [5.74, 6) is -0.518. The topological polar surface area (TPSA) is 96.0 Å². The van der Waals surface area contributed by atoms with Crippen molar-refractivity contribution >= 4 is 62.3 Å². The van der Waals surface area contributed by atoms with E-state index in [-0.39, 0.29) is 34.5 Å². The van der Waals surface area contributed by atoms with Crippen molar-refractivity contribution in [3.05, 3.63) is 87.4 Å². The summed E-state index contributed by atoms with van der Waals surface area (Å²) < 4.78 is 34.0. The molecule has 41 heavy (non-hydrogen) atoms. The Morgan fingerprint density at radius 3 is 2.15 bits per heavy atom. The molecule has 0 fully saturated rings. The van der Waals surface area contributed by atoms with E-state index in [0.717, 1.165) is 4.31 Å². The highest BCUT2D eigenvalue weighted by Gasteiger charge is 2.34. The third-order valence-electron chi connectivity index (χ3n) is 6.35. The number of rotatable bonds is 13. The highest BCUT2D eigenvalue weighted by Crippen LogP contribution is 2.30. The first-order valence-corrected chi connectivity index (χ1v) is 15.5. The lowest BCUT2D eigenvalue weighted by molar-refractivity contribution is -0.140. The van der Waals surface area contributed by atoms with E-state index < -0.39 is 28.5 Å². The van der Waals surface area contributed by atoms with E-state index in [9.17, 15) is 18.0 Å². The molecule has 0 heterocycles. The number of carbonyl (C=O) groups is 2. The monoisotopic (exact) mass is 639 g/mol. The van der Waals surface area contributed by atoms with Crippen LogP contribution in [0, 0.1) is 0 Å². The maximum atomic E-state index is 14.1. The molecule has 0 saturated carbocycles. The van der Waals surface area contributed by atoms with Crippen molar-refractivity contribution < 1.29 is 22.7 Å². The highest BCUT2D eigenvalue weighted by molar-refractivity contribution is 7.92. The fourth-order valence-electron chi connectivity index (χ4n) is 4.17. The summed E-state index contributed by atoms with van der Waals surface area (Å²) in [5.41, 5.74) is 0.624. The Balaban J connectivity index is 2.09. The quantitative estimate of drug-likeness (QED) is 0.241. The molecule has 0 aromatic heterocycles. The molecule has 0 bridgehead atoms. The van der Waals surface area contributed by atoms with Crippen LogP contribution in [0.1, 0.15) is 32.3 Å². The number of nitrogens with zero attached hydrogens (tertiary/aromatic N) is 2. The van der Waals surface area contributed by atoms with Crippen LogP contribution in [0.15, 0.2) is 71.6 Å². The van der Waals surface area contributed by atoms with Crippen LogP contribution in [0.5, 0.6) is 5.75 Å². The maximum absolute atomic E-state index is 14.1. The lowest BCUT2D eigenvalue weighted by atomic mass is 10.1. The maximum Gasteiger partial charge on any atom is 0.264 e. The van der Waals surface area contributed by atoms with Gasteiger partial charge in [0.1, 0.15) is 18.3 Å². The van der Waals surface area contributed by atoms with Gasteiger partial charge in [0.25, 0.3) is 10.0 Å². The van der Waals surface area contributed by atoms with Crippen LogP contribution in [0.3, 0.4) is 0 Å². The normalized spacial score (nSPS) is 12.0. The Bertz CT molecular complexity index is 1450. The van der Waals surface area contributed by atoms with Crippen molar-refractivity contribution in [1.82, 2.24) is 10.2 Å². The summed E-state index contributed by atoms with van der Waals surface area (Å²) in [6, 6.07) is 16.0. The van der Waals surface area contributed by atoms with Crippen LogP contribution in [-0.4, -0.2) is 51.4 Å². The molecule has 2 amide bonds. The molecular formula is C29H32Cl3N3O5S. The van der Waals surface area contributed by atoms with Crippen molar-refractivity contribution in [3.8, 4) is 5.75 Å².